The minimum atomic E-state index is -1.69. The smallest absolute Gasteiger partial charge is 0.192 e. The van der Waals surface area contributed by atoms with Gasteiger partial charge in [-0.25, -0.2) is 0 Å². The minimum Gasteiger partial charge on any atom is -0.414 e. The average Bonchev–Trinajstić information content (AvgIpc) is 2.80. The molecule has 0 radical (unpaired) electrons. The van der Waals surface area contributed by atoms with Crippen LogP contribution >= 0.6 is 0 Å². The van der Waals surface area contributed by atoms with Crippen LogP contribution in [0, 0.1) is 11.3 Å². The van der Waals surface area contributed by atoms with Crippen molar-refractivity contribution in [3.8, 4) is 0 Å². The van der Waals surface area contributed by atoms with Gasteiger partial charge in [-0.05, 0) is 61.6 Å². The number of hydrogen-bond donors (Lipinski definition) is 0. The van der Waals surface area contributed by atoms with Crippen LogP contribution in [-0.4, -0.2) is 20.7 Å². The summed E-state index contributed by atoms with van der Waals surface area (Å²) in [7, 11) is -1.69. The fourth-order valence-corrected chi connectivity index (χ4v) is 5.78. The molecular weight excluding hydrogens is 276 g/mol. The van der Waals surface area contributed by atoms with E-state index in [1.54, 1.807) is 0 Å². The second kappa shape index (κ2) is 6.15. The first kappa shape index (κ1) is 17.2. The maximum Gasteiger partial charge on any atom is 0.192 e. The molecule has 0 aromatic rings. The third-order valence-corrected chi connectivity index (χ3v) is 11.1. The summed E-state index contributed by atoms with van der Waals surface area (Å²) in [5.41, 5.74) is 0.423. The van der Waals surface area contributed by atoms with E-state index in [-0.39, 0.29) is 5.04 Å². The first-order chi connectivity index (χ1) is 9.72. The normalized spacial score (nSPS) is 33.8. The lowest BCUT2D eigenvalue weighted by atomic mass is 9.65. The number of carbonyl (C=O) groups is 1. The third kappa shape index (κ3) is 3.44. The second-order valence-corrected chi connectivity index (χ2v) is 13.6. The van der Waals surface area contributed by atoms with E-state index in [9.17, 15) is 4.79 Å². The Bertz CT molecular complexity index is 372. The van der Waals surface area contributed by atoms with Gasteiger partial charge in [-0.15, -0.1) is 0 Å². The van der Waals surface area contributed by atoms with Crippen LogP contribution in [0.3, 0.4) is 0 Å². The van der Waals surface area contributed by atoms with Gasteiger partial charge in [0.2, 0.25) is 0 Å². The largest absolute Gasteiger partial charge is 0.414 e. The molecule has 0 amide bonds. The van der Waals surface area contributed by atoms with Crippen LogP contribution < -0.4 is 0 Å². The molecule has 21 heavy (non-hydrogen) atoms. The van der Waals surface area contributed by atoms with E-state index in [0.717, 1.165) is 19.1 Å². The van der Waals surface area contributed by atoms with Gasteiger partial charge in [0.25, 0.3) is 0 Å². The van der Waals surface area contributed by atoms with Crippen LogP contribution in [0.25, 0.3) is 0 Å². The standard InChI is InChI=1S/C18H34O2Si/c1-17(2,3)21(4,5)20-16-10-7-12-18(13-8-14-19)11-6-9-15(16)18/h14-16H,6-13H2,1-5H3/t15-,16+,18-/m0/s1. The van der Waals surface area contributed by atoms with Gasteiger partial charge >= 0.3 is 0 Å². The molecule has 0 aromatic heterocycles. The molecule has 0 spiro atoms. The molecule has 0 heterocycles. The van der Waals surface area contributed by atoms with Crippen molar-refractivity contribution in [1.82, 2.24) is 0 Å². The summed E-state index contributed by atoms with van der Waals surface area (Å²) in [4.78, 5) is 10.9. The number of rotatable bonds is 5. The highest BCUT2D eigenvalue weighted by molar-refractivity contribution is 6.74. The van der Waals surface area contributed by atoms with Crippen LogP contribution in [0.15, 0.2) is 0 Å². The molecule has 0 saturated heterocycles. The lowest BCUT2D eigenvalue weighted by molar-refractivity contribution is -0.109. The van der Waals surface area contributed by atoms with Crippen molar-refractivity contribution in [3.63, 3.8) is 0 Å². The summed E-state index contributed by atoms with van der Waals surface area (Å²) in [5.74, 6) is 0.709. The first-order valence-electron chi connectivity index (χ1n) is 8.83. The van der Waals surface area contributed by atoms with E-state index in [4.69, 9.17) is 4.43 Å². The summed E-state index contributed by atoms with van der Waals surface area (Å²) in [5, 5.41) is 0.286. The molecule has 2 nitrogen and oxygen atoms in total. The van der Waals surface area contributed by atoms with Crippen molar-refractivity contribution in [2.24, 2.45) is 11.3 Å². The van der Waals surface area contributed by atoms with E-state index in [1.165, 1.54) is 38.5 Å². The Balaban J connectivity index is 2.12. The van der Waals surface area contributed by atoms with Gasteiger partial charge in [-0.3, -0.25) is 0 Å². The Morgan fingerprint density at radius 1 is 1.19 bits per heavy atom. The predicted octanol–water partition coefficient (Wildman–Crippen LogP) is 5.33. The zero-order valence-corrected chi connectivity index (χ0v) is 15.7. The van der Waals surface area contributed by atoms with Crippen molar-refractivity contribution in [3.05, 3.63) is 0 Å². The SMILES string of the molecule is CC(C)(C)[Si](C)(C)O[C@@H]1CCC[C@]2(CCC=O)CCC[C@@H]12. The topological polar surface area (TPSA) is 26.3 Å². The first-order valence-corrected chi connectivity index (χ1v) is 11.7. The van der Waals surface area contributed by atoms with Crippen LogP contribution in [0.2, 0.25) is 18.1 Å². The molecule has 0 aromatic carbocycles. The van der Waals surface area contributed by atoms with Gasteiger partial charge in [-0.2, -0.15) is 0 Å². The molecule has 3 heteroatoms. The van der Waals surface area contributed by atoms with E-state index in [1.807, 2.05) is 0 Å². The minimum absolute atomic E-state index is 0.286. The summed E-state index contributed by atoms with van der Waals surface area (Å²) < 4.78 is 6.81. The molecule has 0 aliphatic heterocycles. The van der Waals surface area contributed by atoms with Gasteiger partial charge in [-0.1, -0.05) is 33.6 Å². The zero-order valence-electron chi connectivity index (χ0n) is 14.7. The summed E-state index contributed by atoms with van der Waals surface area (Å²) in [6, 6.07) is 0. The quantitative estimate of drug-likeness (QED) is 0.507. The molecule has 2 fully saturated rings. The van der Waals surface area contributed by atoms with Crippen LogP contribution in [0.1, 0.15) is 72.1 Å². The van der Waals surface area contributed by atoms with Crippen LogP contribution in [-0.2, 0) is 9.22 Å². The Hall–Kier alpha value is -0.153. The fourth-order valence-electron chi connectivity index (χ4n) is 4.39. The molecule has 2 saturated carbocycles. The van der Waals surface area contributed by atoms with Crippen molar-refractivity contribution in [2.75, 3.05) is 0 Å². The van der Waals surface area contributed by atoms with E-state index >= 15 is 0 Å². The summed E-state index contributed by atoms with van der Waals surface area (Å²) in [6.07, 6.45) is 11.2. The Labute approximate surface area is 132 Å². The summed E-state index contributed by atoms with van der Waals surface area (Å²) >= 11 is 0. The molecule has 2 aliphatic rings. The fraction of sp³-hybridized carbons (Fsp3) is 0.944. The van der Waals surface area contributed by atoms with Crippen LogP contribution in [0.5, 0.6) is 0 Å². The Morgan fingerprint density at radius 3 is 2.38 bits per heavy atom. The van der Waals surface area contributed by atoms with Gasteiger partial charge in [0.15, 0.2) is 8.32 Å². The van der Waals surface area contributed by atoms with E-state index in [0.29, 0.717) is 17.4 Å². The van der Waals surface area contributed by atoms with Crippen LogP contribution in [0.4, 0.5) is 0 Å². The maximum absolute atomic E-state index is 10.9. The molecule has 122 valence electrons. The lowest BCUT2D eigenvalue weighted by Crippen LogP contribution is -2.49. The van der Waals surface area contributed by atoms with E-state index in [2.05, 4.69) is 33.9 Å². The molecular formula is C18H34O2Si. The summed E-state index contributed by atoms with van der Waals surface area (Å²) in [6.45, 7) is 11.7. The van der Waals surface area contributed by atoms with Gasteiger partial charge < -0.3 is 9.22 Å². The molecule has 2 rings (SSSR count). The average molecular weight is 311 g/mol. The molecule has 0 bridgehead atoms. The van der Waals surface area contributed by atoms with E-state index < -0.39 is 8.32 Å². The second-order valence-electron chi connectivity index (χ2n) is 8.88. The van der Waals surface area contributed by atoms with Gasteiger partial charge in [0.05, 0.1) is 0 Å². The Morgan fingerprint density at radius 2 is 1.81 bits per heavy atom. The van der Waals surface area contributed by atoms with Gasteiger partial charge in [0.1, 0.15) is 6.29 Å². The number of hydrogen-bond acceptors (Lipinski definition) is 2. The zero-order chi connectivity index (χ0) is 15.7. The lowest BCUT2D eigenvalue weighted by Gasteiger charge is -2.48. The monoisotopic (exact) mass is 310 g/mol. The Kier molecular flexibility index (Phi) is 5.04. The highest BCUT2D eigenvalue weighted by Gasteiger charge is 2.50. The van der Waals surface area contributed by atoms with Crippen molar-refractivity contribution in [1.29, 1.82) is 0 Å². The number of carbonyl (C=O) groups excluding carboxylic acids is 1. The van der Waals surface area contributed by atoms with Gasteiger partial charge in [0, 0.05) is 12.5 Å². The highest BCUT2D eigenvalue weighted by atomic mass is 28.4. The molecule has 3 atom stereocenters. The number of aldehydes is 1. The molecule has 0 N–H and O–H groups in total. The molecule has 2 aliphatic carbocycles. The highest BCUT2D eigenvalue weighted by Crippen LogP contribution is 2.56. The molecule has 0 unspecified atom stereocenters. The van der Waals surface area contributed by atoms with Crippen molar-refractivity contribution in [2.45, 2.75) is 96.4 Å². The van der Waals surface area contributed by atoms with Crippen molar-refractivity contribution < 1.29 is 9.22 Å². The third-order valence-electron chi connectivity index (χ3n) is 6.60. The van der Waals surface area contributed by atoms with Crippen molar-refractivity contribution >= 4 is 14.6 Å². The number of fused-ring (bicyclic) bond motifs is 1. The predicted molar refractivity (Wildman–Crippen MR) is 91.0 cm³/mol. The maximum atomic E-state index is 10.9.